The first-order chi connectivity index (χ1) is 14.8. The van der Waals surface area contributed by atoms with E-state index in [1.54, 1.807) is 43.3 Å². The van der Waals surface area contributed by atoms with E-state index in [2.05, 4.69) is 4.72 Å². The zero-order chi connectivity index (χ0) is 22.2. The van der Waals surface area contributed by atoms with Gasteiger partial charge in [0.05, 0.1) is 16.1 Å². The van der Waals surface area contributed by atoms with Crippen LogP contribution >= 0.6 is 11.6 Å². The fourth-order valence-corrected chi connectivity index (χ4v) is 5.11. The van der Waals surface area contributed by atoms with Crippen molar-refractivity contribution in [3.8, 4) is 11.1 Å². The number of carboxylic acids is 1. The molecule has 4 aromatic rings. The second-order valence-electron chi connectivity index (χ2n) is 7.11. The standard InChI is InChI=1S/C24H18ClNO4S/c1-15-9-10-18(25)14-23(15)31(29,30)26-22-12-11-19(20-7-2-3-8-21(20)22)16-5-4-6-17(13-16)24(27)28/h2-14,26H,1H3,(H,27,28). The molecule has 0 amide bonds. The number of nitrogens with one attached hydrogen (secondary N) is 1. The van der Waals surface area contributed by atoms with Gasteiger partial charge in [-0.1, -0.05) is 60.1 Å². The van der Waals surface area contributed by atoms with Gasteiger partial charge in [0.1, 0.15) is 0 Å². The maximum Gasteiger partial charge on any atom is 0.335 e. The zero-order valence-corrected chi connectivity index (χ0v) is 18.0. The molecule has 156 valence electrons. The predicted molar refractivity (Wildman–Crippen MR) is 123 cm³/mol. The SMILES string of the molecule is Cc1ccc(Cl)cc1S(=O)(=O)Nc1ccc(-c2cccc(C(=O)O)c2)c2ccccc12. The smallest absolute Gasteiger partial charge is 0.335 e. The average molecular weight is 452 g/mol. The Morgan fingerprint density at radius 2 is 1.65 bits per heavy atom. The van der Waals surface area contributed by atoms with Gasteiger partial charge in [0.2, 0.25) is 0 Å². The number of hydrogen-bond acceptors (Lipinski definition) is 3. The molecule has 4 rings (SSSR count). The van der Waals surface area contributed by atoms with Crippen LogP contribution in [0.15, 0.2) is 83.8 Å². The van der Waals surface area contributed by atoms with Crippen LogP contribution in [-0.2, 0) is 10.0 Å². The third kappa shape index (κ3) is 4.13. The normalized spacial score (nSPS) is 11.4. The molecular formula is C24H18ClNO4S. The van der Waals surface area contributed by atoms with Crippen molar-refractivity contribution in [3.63, 3.8) is 0 Å². The Bertz CT molecular complexity index is 1430. The molecule has 0 unspecified atom stereocenters. The van der Waals surface area contributed by atoms with Crippen molar-refractivity contribution >= 4 is 44.1 Å². The molecule has 0 saturated heterocycles. The van der Waals surface area contributed by atoms with E-state index in [1.807, 2.05) is 30.3 Å². The van der Waals surface area contributed by atoms with E-state index < -0.39 is 16.0 Å². The molecule has 0 spiro atoms. The molecule has 2 N–H and O–H groups in total. The van der Waals surface area contributed by atoms with Crippen LogP contribution in [0.25, 0.3) is 21.9 Å². The summed E-state index contributed by atoms with van der Waals surface area (Å²) in [5.41, 5.74) is 2.73. The number of carbonyl (C=O) groups is 1. The number of sulfonamides is 1. The Morgan fingerprint density at radius 3 is 2.39 bits per heavy atom. The van der Waals surface area contributed by atoms with Crippen molar-refractivity contribution < 1.29 is 18.3 Å². The van der Waals surface area contributed by atoms with E-state index in [4.69, 9.17) is 11.6 Å². The largest absolute Gasteiger partial charge is 0.478 e. The topological polar surface area (TPSA) is 83.5 Å². The molecule has 0 aliphatic rings. The van der Waals surface area contributed by atoms with E-state index in [1.165, 1.54) is 12.1 Å². The highest BCUT2D eigenvalue weighted by atomic mass is 35.5. The summed E-state index contributed by atoms with van der Waals surface area (Å²) in [4.78, 5) is 11.5. The third-order valence-electron chi connectivity index (χ3n) is 5.03. The van der Waals surface area contributed by atoms with Crippen LogP contribution in [0.5, 0.6) is 0 Å². The number of halogens is 1. The summed E-state index contributed by atoms with van der Waals surface area (Å²) in [7, 11) is -3.87. The molecule has 0 saturated carbocycles. The highest BCUT2D eigenvalue weighted by Crippen LogP contribution is 2.35. The number of hydrogen-bond donors (Lipinski definition) is 2. The van der Waals surface area contributed by atoms with Crippen molar-refractivity contribution in [1.29, 1.82) is 0 Å². The summed E-state index contributed by atoms with van der Waals surface area (Å²) >= 11 is 6.01. The van der Waals surface area contributed by atoms with Gasteiger partial charge in [-0.25, -0.2) is 13.2 Å². The highest BCUT2D eigenvalue weighted by Gasteiger charge is 2.19. The summed E-state index contributed by atoms with van der Waals surface area (Å²) in [6.07, 6.45) is 0. The fourth-order valence-electron chi connectivity index (χ4n) is 3.52. The van der Waals surface area contributed by atoms with Gasteiger partial charge in [0, 0.05) is 10.4 Å². The van der Waals surface area contributed by atoms with Gasteiger partial charge >= 0.3 is 5.97 Å². The van der Waals surface area contributed by atoms with Crippen molar-refractivity contribution in [2.24, 2.45) is 0 Å². The number of benzene rings is 4. The minimum absolute atomic E-state index is 0.113. The van der Waals surface area contributed by atoms with Gasteiger partial charge in [-0.3, -0.25) is 4.72 Å². The average Bonchev–Trinajstić information content (AvgIpc) is 2.75. The molecule has 0 fully saturated rings. The van der Waals surface area contributed by atoms with Gasteiger partial charge in [-0.2, -0.15) is 0 Å². The molecule has 5 nitrogen and oxygen atoms in total. The minimum atomic E-state index is -3.87. The first-order valence-electron chi connectivity index (χ1n) is 9.41. The predicted octanol–water partition coefficient (Wildman–Crippen LogP) is 5.97. The number of fused-ring (bicyclic) bond motifs is 1. The number of anilines is 1. The van der Waals surface area contributed by atoms with Crippen LogP contribution in [0, 0.1) is 6.92 Å². The van der Waals surface area contributed by atoms with E-state index in [9.17, 15) is 18.3 Å². The van der Waals surface area contributed by atoms with Gasteiger partial charge < -0.3 is 5.11 Å². The van der Waals surface area contributed by atoms with Crippen molar-refractivity contribution in [2.75, 3.05) is 4.72 Å². The Labute approximate surface area is 185 Å². The molecule has 31 heavy (non-hydrogen) atoms. The fraction of sp³-hybridized carbons (Fsp3) is 0.0417. The Kier molecular flexibility index (Phi) is 5.43. The molecule has 0 heterocycles. The Hall–Kier alpha value is -3.35. The highest BCUT2D eigenvalue weighted by molar-refractivity contribution is 7.92. The lowest BCUT2D eigenvalue weighted by molar-refractivity contribution is 0.0697. The molecule has 0 bridgehead atoms. The zero-order valence-electron chi connectivity index (χ0n) is 16.5. The monoisotopic (exact) mass is 451 g/mol. The maximum atomic E-state index is 13.1. The maximum absolute atomic E-state index is 13.1. The number of carboxylic acid groups (broad SMARTS) is 1. The third-order valence-corrected chi connectivity index (χ3v) is 6.77. The van der Waals surface area contributed by atoms with Gasteiger partial charge in [0.15, 0.2) is 0 Å². The van der Waals surface area contributed by atoms with E-state index in [0.717, 1.165) is 16.5 Å². The first-order valence-corrected chi connectivity index (χ1v) is 11.3. The van der Waals surface area contributed by atoms with Crippen molar-refractivity contribution in [2.45, 2.75) is 11.8 Å². The van der Waals surface area contributed by atoms with Crippen LogP contribution in [0.2, 0.25) is 5.02 Å². The van der Waals surface area contributed by atoms with Crippen LogP contribution in [-0.4, -0.2) is 19.5 Å². The van der Waals surface area contributed by atoms with E-state index >= 15 is 0 Å². The van der Waals surface area contributed by atoms with Crippen molar-refractivity contribution in [1.82, 2.24) is 0 Å². The van der Waals surface area contributed by atoms with Crippen LogP contribution in [0.3, 0.4) is 0 Å². The molecule has 0 atom stereocenters. The summed E-state index contributed by atoms with van der Waals surface area (Å²) in [6, 6.07) is 22.2. The number of aryl methyl sites for hydroxylation is 1. The molecular weight excluding hydrogens is 434 g/mol. The summed E-state index contributed by atoms with van der Waals surface area (Å²) in [5.74, 6) is -1.01. The van der Waals surface area contributed by atoms with E-state index in [-0.39, 0.29) is 10.5 Å². The first kappa shape index (κ1) is 20.9. The minimum Gasteiger partial charge on any atom is -0.478 e. The number of rotatable bonds is 5. The second kappa shape index (κ2) is 8.06. The van der Waals surface area contributed by atoms with Crippen LogP contribution in [0.1, 0.15) is 15.9 Å². The van der Waals surface area contributed by atoms with Crippen molar-refractivity contribution in [3.05, 3.63) is 95.0 Å². The quantitative estimate of drug-likeness (QED) is 0.391. The lowest BCUT2D eigenvalue weighted by Gasteiger charge is -2.15. The molecule has 0 aliphatic heterocycles. The Balaban J connectivity index is 1.83. The van der Waals surface area contributed by atoms with Crippen LogP contribution < -0.4 is 4.72 Å². The van der Waals surface area contributed by atoms with E-state index in [0.29, 0.717) is 21.7 Å². The molecule has 0 aromatic heterocycles. The summed E-state index contributed by atoms with van der Waals surface area (Å²) in [5, 5.41) is 11.1. The summed E-state index contributed by atoms with van der Waals surface area (Å²) in [6.45, 7) is 1.71. The Morgan fingerprint density at radius 1 is 0.903 bits per heavy atom. The van der Waals surface area contributed by atoms with Gasteiger partial charge in [-0.15, -0.1) is 0 Å². The summed E-state index contributed by atoms with van der Waals surface area (Å²) < 4.78 is 28.8. The molecule has 0 radical (unpaired) electrons. The lowest BCUT2D eigenvalue weighted by atomic mass is 9.96. The molecule has 0 aliphatic carbocycles. The van der Waals surface area contributed by atoms with Gasteiger partial charge in [-0.05, 0) is 59.3 Å². The number of aromatic carboxylic acids is 1. The second-order valence-corrected chi connectivity index (χ2v) is 9.19. The van der Waals surface area contributed by atoms with Crippen LogP contribution in [0.4, 0.5) is 5.69 Å². The molecule has 7 heteroatoms. The lowest BCUT2D eigenvalue weighted by Crippen LogP contribution is -2.14. The van der Waals surface area contributed by atoms with Gasteiger partial charge in [0.25, 0.3) is 10.0 Å². The molecule has 4 aromatic carbocycles.